The van der Waals surface area contributed by atoms with Crippen LogP contribution in [-0.2, 0) is 14.3 Å². The molecule has 2 aliphatic rings. The molecule has 1 aliphatic carbocycles. The van der Waals surface area contributed by atoms with Crippen molar-refractivity contribution in [2.24, 2.45) is 0 Å². The second-order valence-electron chi connectivity index (χ2n) is 9.64. The molecule has 2 aromatic carbocycles. The third-order valence-electron chi connectivity index (χ3n) is 7.01. The van der Waals surface area contributed by atoms with Crippen LogP contribution in [0.15, 0.2) is 58.9 Å². The van der Waals surface area contributed by atoms with Gasteiger partial charge in [0.25, 0.3) is 0 Å². The predicted molar refractivity (Wildman–Crippen MR) is 143 cm³/mol. The molecule has 2 atom stereocenters. The summed E-state index contributed by atoms with van der Waals surface area (Å²) in [6, 6.07) is 11.3. The van der Waals surface area contributed by atoms with E-state index in [9.17, 15) is 9.59 Å². The van der Waals surface area contributed by atoms with E-state index in [1.807, 2.05) is 37.3 Å². The van der Waals surface area contributed by atoms with E-state index in [1.54, 1.807) is 34.1 Å². The first-order valence-corrected chi connectivity index (χ1v) is 12.6. The van der Waals surface area contributed by atoms with Crippen molar-refractivity contribution < 1.29 is 33.3 Å². The first kappa shape index (κ1) is 27.1. The van der Waals surface area contributed by atoms with Gasteiger partial charge >= 0.3 is 5.97 Å². The van der Waals surface area contributed by atoms with Gasteiger partial charge in [-0.3, -0.25) is 4.79 Å². The molecule has 0 saturated carbocycles. The number of allylic oxidation sites excluding steroid dienone is 3. The Morgan fingerprint density at radius 3 is 2.18 bits per heavy atom. The summed E-state index contributed by atoms with van der Waals surface area (Å²) in [5, 5.41) is 3.38. The molecule has 8 nitrogen and oxygen atoms in total. The van der Waals surface area contributed by atoms with Gasteiger partial charge in [0.05, 0.1) is 46.0 Å². The normalized spacial score (nSPS) is 19.1. The van der Waals surface area contributed by atoms with E-state index in [2.05, 4.69) is 5.32 Å². The number of carbonyl (C=O) groups is 2. The largest absolute Gasteiger partial charge is 0.496 e. The molecule has 38 heavy (non-hydrogen) atoms. The van der Waals surface area contributed by atoms with E-state index in [0.717, 1.165) is 17.0 Å². The van der Waals surface area contributed by atoms with Gasteiger partial charge < -0.3 is 29.0 Å². The van der Waals surface area contributed by atoms with Crippen LogP contribution in [0.25, 0.3) is 0 Å². The lowest BCUT2D eigenvalue weighted by atomic mass is 9.71. The summed E-state index contributed by atoms with van der Waals surface area (Å²) >= 11 is 0. The Morgan fingerprint density at radius 1 is 0.868 bits per heavy atom. The van der Waals surface area contributed by atoms with Crippen LogP contribution >= 0.6 is 0 Å². The lowest BCUT2D eigenvalue weighted by molar-refractivity contribution is -0.143. The SMILES string of the molecule is COc1ccccc1[C@H]1CC(=O)C2=C(C1)NC(C)=C(C(=O)OC(C)C)[C@@H]2c1ccc(OC)c(OC)c1OC. The number of nitrogens with one attached hydrogen (secondary N) is 1. The van der Waals surface area contributed by atoms with E-state index in [0.29, 0.717) is 46.1 Å². The number of esters is 1. The zero-order valence-corrected chi connectivity index (χ0v) is 23.0. The van der Waals surface area contributed by atoms with Crippen LogP contribution in [-0.4, -0.2) is 46.3 Å². The topological polar surface area (TPSA) is 92.3 Å². The molecule has 0 amide bonds. The Hall–Kier alpha value is -3.94. The zero-order chi connectivity index (χ0) is 27.6. The minimum Gasteiger partial charge on any atom is -0.496 e. The van der Waals surface area contributed by atoms with Gasteiger partial charge in [-0.1, -0.05) is 24.3 Å². The Balaban J connectivity index is 1.91. The van der Waals surface area contributed by atoms with Crippen LogP contribution in [0, 0.1) is 0 Å². The highest BCUT2D eigenvalue weighted by Crippen LogP contribution is 2.51. The molecular formula is C30H35NO7. The number of rotatable bonds is 8. The van der Waals surface area contributed by atoms with Gasteiger partial charge in [0.15, 0.2) is 17.3 Å². The van der Waals surface area contributed by atoms with Crippen molar-refractivity contribution in [3.8, 4) is 23.0 Å². The predicted octanol–water partition coefficient (Wildman–Crippen LogP) is 5.03. The Kier molecular flexibility index (Phi) is 7.99. The molecule has 4 rings (SSSR count). The Morgan fingerprint density at radius 2 is 1.55 bits per heavy atom. The fourth-order valence-electron chi connectivity index (χ4n) is 5.47. The van der Waals surface area contributed by atoms with Crippen molar-refractivity contribution in [2.45, 2.75) is 51.6 Å². The molecule has 202 valence electrons. The number of para-hydroxylation sites is 1. The third kappa shape index (κ3) is 4.83. The van der Waals surface area contributed by atoms with E-state index >= 15 is 0 Å². The van der Waals surface area contributed by atoms with Crippen molar-refractivity contribution in [2.75, 3.05) is 28.4 Å². The van der Waals surface area contributed by atoms with E-state index in [1.165, 1.54) is 14.2 Å². The lowest BCUT2D eigenvalue weighted by Gasteiger charge is -2.37. The maximum atomic E-state index is 14.0. The van der Waals surface area contributed by atoms with Crippen molar-refractivity contribution in [1.82, 2.24) is 5.32 Å². The molecule has 0 saturated heterocycles. The van der Waals surface area contributed by atoms with Crippen LogP contribution < -0.4 is 24.3 Å². The molecular weight excluding hydrogens is 486 g/mol. The minimum absolute atomic E-state index is 0.0566. The summed E-state index contributed by atoms with van der Waals surface area (Å²) in [6.45, 7) is 5.42. The van der Waals surface area contributed by atoms with Crippen LogP contribution in [0.3, 0.4) is 0 Å². The summed E-state index contributed by atoms with van der Waals surface area (Å²) in [6.07, 6.45) is 0.527. The number of ketones is 1. The van der Waals surface area contributed by atoms with Crippen molar-refractivity contribution in [1.29, 1.82) is 0 Å². The Bertz CT molecular complexity index is 1310. The number of benzene rings is 2. The fraction of sp³-hybridized carbons (Fsp3) is 0.400. The fourth-order valence-corrected chi connectivity index (χ4v) is 5.47. The lowest BCUT2D eigenvalue weighted by Crippen LogP contribution is -2.36. The summed E-state index contributed by atoms with van der Waals surface area (Å²) in [4.78, 5) is 27.4. The highest BCUT2D eigenvalue weighted by molar-refractivity contribution is 6.04. The van der Waals surface area contributed by atoms with E-state index in [4.69, 9.17) is 23.7 Å². The summed E-state index contributed by atoms with van der Waals surface area (Å²) < 4.78 is 28.1. The van der Waals surface area contributed by atoms with Crippen LogP contribution in [0.1, 0.15) is 56.6 Å². The van der Waals surface area contributed by atoms with Gasteiger partial charge in [-0.25, -0.2) is 4.79 Å². The number of hydrogen-bond donors (Lipinski definition) is 1. The van der Waals surface area contributed by atoms with Gasteiger partial charge in [0.1, 0.15) is 5.75 Å². The third-order valence-corrected chi connectivity index (χ3v) is 7.01. The van der Waals surface area contributed by atoms with Crippen molar-refractivity contribution >= 4 is 11.8 Å². The van der Waals surface area contributed by atoms with Gasteiger partial charge in [0.2, 0.25) is 5.75 Å². The van der Waals surface area contributed by atoms with Gasteiger partial charge in [-0.2, -0.15) is 0 Å². The highest BCUT2D eigenvalue weighted by atomic mass is 16.5. The summed E-state index contributed by atoms with van der Waals surface area (Å²) in [5.41, 5.74) is 3.90. The molecule has 0 radical (unpaired) electrons. The molecule has 1 aliphatic heterocycles. The smallest absolute Gasteiger partial charge is 0.337 e. The average Bonchev–Trinajstić information content (AvgIpc) is 2.90. The maximum Gasteiger partial charge on any atom is 0.337 e. The standard InChI is InChI=1S/C30H35NO7/c1-16(2)38-30(33)25-17(3)31-21-14-18(19-10-8-9-11-23(19)34-4)15-22(32)27(21)26(25)20-12-13-24(35-5)29(37-7)28(20)36-6/h8-13,16,18,26,31H,14-15H2,1-7H3/t18-,26+/m1/s1. The molecule has 0 unspecified atom stereocenters. The maximum absolute atomic E-state index is 14.0. The molecule has 1 heterocycles. The molecule has 0 aromatic heterocycles. The van der Waals surface area contributed by atoms with Crippen LogP contribution in [0.4, 0.5) is 0 Å². The molecule has 8 heteroatoms. The highest BCUT2D eigenvalue weighted by Gasteiger charge is 2.43. The molecule has 1 N–H and O–H groups in total. The van der Waals surface area contributed by atoms with E-state index in [-0.39, 0.29) is 24.2 Å². The molecule has 0 fully saturated rings. The number of Topliss-reactive ketones (excluding diaryl/α,β-unsaturated/α-hetero) is 1. The first-order chi connectivity index (χ1) is 18.2. The average molecular weight is 522 g/mol. The van der Waals surface area contributed by atoms with Gasteiger partial charge in [-0.15, -0.1) is 0 Å². The van der Waals surface area contributed by atoms with Gasteiger partial charge in [-0.05, 0) is 44.9 Å². The molecule has 2 aromatic rings. The second kappa shape index (κ2) is 11.2. The monoisotopic (exact) mass is 521 g/mol. The van der Waals surface area contributed by atoms with Crippen LogP contribution in [0.5, 0.6) is 23.0 Å². The quantitative estimate of drug-likeness (QED) is 0.484. The van der Waals surface area contributed by atoms with Crippen molar-refractivity contribution in [3.63, 3.8) is 0 Å². The second-order valence-corrected chi connectivity index (χ2v) is 9.64. The molecule has 0 spiro atoms. The minimum atomic E-state index is -0.710. The van der Waals surface area contributed by atoms with Gasteiger partial charge in [0, 0.05) is 34.9 Å². The zero-order valence-electron chi connectivity index (χ0n) is 23.0. The molecule has 0 bridgehead atoms. The van der Waals surface area contributed by atoms with Crippen molar-refractivity contribution in [3.05, 3.63) is 70.1 Å². The number of ether oxygens (including phenoxy) is 5. The summed E-state index contributed by atoms with van der Waals surface area (Å²) in [7, 11) is 6.22. The van der Waals surface area contributed by atoms with Crippen LogP contribution in [0.2, 0.25) is 0 Å². The van der Waals surface area contributed by atoms with E-state index < -0.39 is 11.9 Å². The number of methoxy groups -OCH3 is 4. The first-order valence-electron chi connectivity index (χ1n) is 12.6. The summed E-state index contributed by atoms with van der Waals surface area (Å²) in [5.74, 6) is 0.682. The Labute approximate surface area is 223 Å². The number of carbonyl (C=O) groups excluding carboxylic acids is 2. The number of dihydropyridines is 1. The number of hydrogen-bond acceptors (Lipinski definition) is 8.